The Kier molecular flexibility index (Phi) is 6.90. The van der Waals surface area contributed by atoms with Crippen molar-refractivity contribution in [2.75, 3.05) is 13.2 Å². The van der Waals surface area contributed by atoms with Crippen LogP contribution in [0.5, 0.6) is 0 Å². The van der Waals surface area contributed by atoms with Crippen LogP contribution in [0.2, 0.25) is 0 Å². The molecule has 0 saturated carbocycles. The minimum Gasteiger partial charge on any atom is -0.394 e. The molecule has 0 aliphatic carbocycles. The number of rotatable bonds is 5. The minimum atomic E-state index is -2.59. The molecule has 0 bridgehead atoms. The number of hydrogen-bond donors (Lipinski definition) is 8. The molecular weight excluding hydrogens is 358 g/mol. The fraction of sp³-hybridized carbons (Fsp3) is 0.929. The van der Waals surface area contributed by atoms with Gasteiger partial charge in [-0.15, -0.1) is 0 Å². The fourth-order valence-corrected chi connectivity index (χ4v) is 3.01. The Bertz CT molecular complexity index is 494. The molecule has 2 heterocycles. The third-order valence-corrected chi connectivity index (χ3v) is 4.38. The topological polar surface area (TPSA) is 198 Å². The van der Waals surface area contributed by atoms with Gasteiger partial charge in [0.2, 0.25) is 17.9 Å². The highest BCUT2D eigenvalue weighted by molar-refractivity contribution is 5.73. The predicted molar refractivity (Wildman–Crippen MR) is 80.0 cm³/mol. The van der Waals surface area contributed by atoms with E-state index in [0.29, 0.717) is 0 Å². The third kappa shape index (κ3) is 4.14. The number of aliphatic hydroxyl groups is 7. The molecule has 9 atom stereocenters. The Morgan fingerprint density at radius 3 is 2.23 bits per heavy atom. The van der Waals surface area contributed by atoms with Gasteiger partial charge in [0.15, 0.2) is 6.29 Å². The largest absolute Gasteiger partial charge is 0.394 e. The smallest absolute Gasteiger partial charge is 0.219 e. The highest BCUT2D eigenvalue weighted by atomic mass is 16.7. The van der Waals surface area contributed by atoms with Gasteiger partial charge >= 0.3 is 0 Å². The van der Waals surface area contributed by atoms with Crippen molar-refractivity contribution < 1.29 is 54.8 Å². The molecule has 0 radical (unpaired) electrons. The van der Waals surface area contributed by atoms with Gasteiger partial charge in [-0.3, -0.25) is 4.79 Å². The summed E-state index contributed by atoms with van der Waals surface area (Å²) in [6.07, 6.45) is -12.3. The highest BCUT2D eigenvalue weighted by Crippen LogP contribution is 2.32. The van der Waals surface area contributed by atoms with E-state index in [1.165, 1.54) is 0 Å². The van der Waals surface area contributed by atoms with Gasteiger partial charge in [0, 0.05) is 13.3 Å². The number of carbonyl (C=O) groups is 1. The van der Waals surface area contributed by atoms with Crippen LogP contribution in [0.1, 0.15) is 13.3 Å². The molecule has 2 aliphatic rings. The van der Waals surface area contributed by atoms with Crippen LogP contribution in [0.4, 0.5) is 0 Å². The molecule has 2 saturated heterocycles. The fourth-order valence-electron chi connectivity index (χ4n) is 3.01. The van der Waals surface area contributed by atoms with E-state index in [2.05, 4.69) is 0 Å². The van der Waals surface area contributed by atoms with Crippen LogP contribution in [-0.4, -0.2) is 110 Å². The third-order valence-electron chi connectivity index (χ3n) is 4.38. The Balaban J connectivity index is 2.24. The van der Waals surface area contributed by atoms with Crippen molar-refractivity contribution in [2.45, 2.75) is 68.3 Å². The summed E-state index contributed by atoms with van der Waals surface area (Å²) in [6.45, 7) is -0.308. The van der Waals surface area contributed by atoms with Gasteiger partial charge in [0.25, 0.3) is 0 Å². The summed E-state index contributed by atoms with van der Waals surface area (Å²) >= 11 is 0. The summed E-state index contributed by atoms with van der Waals surface area (Å²) in [4.78, 5) is 11.4. The van der Waals surface area contributed by atoms with E-state index >= 15 is 0 Å². The molecule has 0 aromatic rings. The zero-order valence-corrected chi connectivity index (χ0v) is 14.0. The van der Waals surface area contributed by atoms with Crippen LogP contribution >= 0.6 is 0 Å². The second kappa shape index (κ2) is 8.39. The van der Waals surface area contributed by atoms with Crippen LogP contribution in [0, 0.1) is 0 Å². The van der Waals surface area contributed by atoms with Crippen LogP contribution in [0.3, 0.4) is 0 Å². The van der Waals surface area contributed by atoms with Crippen LogP contribution in [0.25, 0.3) is 0 Å². The van der Waals surface area contributed by atoms with Gasteiger partial charge in [-0.05, 0) is 0 Å². The number of nitrogens with one attached hydrogen (secondary N) is 1. The molecule has 12 nitrogen and oxygen atoms in total. The minimum absolute atomic E-state index is 0.280. The molecule has 8 N–H and O–H groups in total. The molecule has 0 aromatic heterocycles. The number of hydrogen-bond acceptors (Lipinski definition) is 11. The Morgan fingerprint density at radius 1 is 1.12 bits per heavy atom. The molecule has 2 rings (SSSR count). The number of ether oxygens (including phenoxy) is 3. The Morgan fingerprint density at radius 2 is 1.69 bits per heavy atom. The van der Waals surface area contributed by atoms with Crippen molar-refractivity contribution in [1.29, 1.82) is 0 Å². The lowest BCUT2D eigenvalue weighted by Crippen LogP contribution is -2.74. The average molecular weight is 383 g/mol. The molecule has 0 unspecified atom stereocenters. The van der Waals surface area contributed by atoms with Gasteiger partial charge in [0.1, 0.15) is 30.5 Å². The molecule has 0 spiro atoms. The molecule has 0 aromatic carbocycles. The molecule has 1 amide bonds. The maximum absolute atomic E-state index is 11.4. The molecule has 12 heteroatoms. The molecule has 2 fully saturated rings. The molecule has 2 aliphatic heterocycles. The van der Waals surface area contributed by atoms with Crippen molar-refractivity contribution in [3.8, 4) is 0 Å². The van der Waals surface area contributed by atoms with Gasteiger partial charge in [-0.25, -0.2) is 0 Å². The van der Waals surface area contributed by atoms with Crippen molar-refractivity contribution in [3.05, 3.63) is 0 Å². The SMILES string of the molecule is CC(=O)N[C@]1(O)[C@H](O)O[C@H](CO)[C@@H](O)[C@@H]1O[C@H]1C[C@@H](O)[C@@H](O)[C@@H](CO)O1. The van der Waals surface area contributed by atoms with Gasteiger partial charge in [-0.2, -0.15) is 0 Å². The zero-order valence-electron chi connectivity index (χ0n) is 14.0. The number of amides is 1. The first-order valence-corrected chi connectivity index (χ1v) is 8.05. The van der Waals surface area contributed by atoms with E-state index in [4.69, 9.17) is 14.2 Å². The summed E-state index contributed by atoms with van der Waals surface area (Å²) in [5.41, 5.74) is -2.59. The van der Waals surface area contributed by atoms with Crippen LogP contribution < -0.4 is 5.32 Å². The first kappa shape index (κ1) is 21.4. The maximum Gasteiger partial charge on any atom is 0.219 e. The second-order valence-electron chi connectivity index (χ2n) is 6.34. The van der Waals surface area contributed by atoms with E-state index in [1.807, 2.05) is 5.32 Å². The predicted octanol–water partition coefficient (Wildman–Crippen LogP) is -4.90. The van der Waals surface area contributed by atoms with Crippen molar-refractivity contribution in [2.24, 2.45) is 0 Å². The standard InChI is InChI=1S/C14H25NO11/c1-5(18)15-14(23)12(11(21)8(4-17)25-13(14)22)26-9-2-6(19)10(20)7(3-16)24-9/h6-13,16-17,19-23H,2-4H2,1H3,(H,15,18)/t6-,7-,8-,9+,10-,11-,12+,13-,14-/m1/s1. The van der Waals surface area contributed by atoms with Crippen molar-refractivity contribution in [3.63, 3.8) is 0 Å². The summed E-state index contributed by atoms with van der Waals surface area (Å²) in [5, 5.41) is 71.0. The first-order valence-electron chi connectivity index (χ1n) is 8.05. The monoisotopic (exact) mass is 383 g/mol. The van der Waals surface area contributed by atoms with Gasteiger partial charge < -0.3 is 55.3 Å². The number of carbonyl (C=O) groups excluding carboxylic acids is 1. The lowest BCUT2D eigenvalue weighted by molar-refractivity contribution is -0.372. The Labute approximate surface area is 148 Å². The molecule has 26 heavy (non-hydrogen) atoms. The Hall–Kier alpha value is -0.930. The summed E-state index contributed by atoms with van der Waals surface area (Å²) in [6, 6.07) is 0. The lowest BCUT2D eigenvalue weighted by atomic mass is 9.92. The summed E-state index contributed by atoms with van der Waals surface area (Å²) in [5.74, 6) is -0.772. The van der Waals surface area contributed by atoms with E-state index in [0.717, 1.165) is 6.92 Å². The normalized spacial score (nSPS) is 46.8. The molecular formula is C14H25NO11. The maximum atomic E-state index is 11.4. The highest BCUT2D eigenvalue weighted by Gasteiger charge is 2.57. The lowest BCUT2D eigenvalue weighted by Gasteiger charge is -2.49. The molecule has 152 valence electrons. The summed E-state index contributed by atoms with van der Waals surface area (Å²) < 4.78 is 15.6. The van der Waals surface area contributed by atoms with E-state index in [-0.39, 0.29) is 6.42 Å². The number of aliphatic hydroxyl groups excluding tert-OH is 6. The van der Waals surface area contributed by atoms with Crippen LogP contribution in [-0.2, 0) is 19.0 Å². The quantitative estimate of drug-likeness (QED) is 0.212. The average Bonchev–Trinajstić information content (AvgIpc) is 2.57. The van der Waals surface area contributed by atoms with Crippen molar-refractivity contribution >= 4 is 5.91 Å². The van der Waals surface area contributed by atoms with Crippen molar-refractivity contribution in [1.82, 2.24) is 5.32 Å². The summed E-state index contributed by atoms with van der Waals surface area (Å²) in [7, 11) is 0. The van der Waals surface area contributed by atoms with E-state index in [9.17, 15) is 40.5 Å². The van der Waals surface area contributed by atoms with E-state index < -0.39 is 74.0 Å². The van der Waals surface area contributed by atoms with E-state index in [1.54, 1.807) is 0 Å². The van der Waals surface area contributed by atoms with Crippen LogP contribution in [0.15, 0.2) is 0 Å². The van der Waals surface area contributed by atoms with Gasteiger partial charge in [-0.1, -0.05) is 0 Å². The zero-order chi connectivity index (χ0) is 19.6. The first-order chi connectivity index (χ1) is 12.1. The second-order valence-corrected chi connectivity index (χ2v) is 6.34. The van der Waals surface area contributed by atoms with Gasteiger partial charge in [0.05, 0.1) is 19.3 Å².